The lowest BCUT2D eigenvalue weighted by Gasteiger charge is -2.09. The van der Waals surface area contributed by atoms with E-state index in [9.17, 15) is 14.4 Å². The van der Waals surface area contributed by atoms with Gasteiger partial charge in [0, 0.05) is 17.8 Å². The minimum atomic E-state index is -0.971. The highest BCUT2D eigenvalue weighted by Gasteiger charge is 2.13. The molecule has 1 aromatic carbocycles. The molecule has 0 saturated heterocycles. The second-order valence-corrected chi connectivity index (χ2v) is 4.02. The van der Waals surface area contributed by atoms with Gasteiger partial charge in [-0.3, -0.25) is 9.59 Å². The fourth-order valence-electron chi connectivity index (χ4n) is 1.28. The zero-order valence-corrected chi connectivity index (χ0v) is 10.3. The standard InChI is InChI=1S/C12H15N3O4/c1-7(11(17)18)6-14-10(16)8-2-4-9(5-3-8)15-12(13)19/h2-5,7H,6H2,1H3,(H,14,16)(H,17,18)(H3,13,15,19). The van der Waals surface area contributed by atoms with E-state index in [1.54, 1.807) is 0 Å². The van der Waals surface area contributed by atoms with Gasteiger partial charge in [0.25, 0.3) is 5.91 Å². The molecule has 0 heterocycles. The summed E-state index contributed by atoms with van der Waals surface area (Å²) in [6, 6.07) is 5.38. The number of carboxylic acid groups (broad SMARTS) is 1. The molecular formula is C12H15N3O4. The van der Waals surface area contributed by atoms with Crippen LogP contribution >= 0.6 is 0 Å². The molecule has 0 bridgehead atoms. The zero-order chi connectivity index (χ0) is 14.4. The number of urea groups is 1. The maximum absolute atomic E-state index is 11.7. The van der Waals surface area contributed by atoms with Gasteiger partial charge in [-0.1, -0.05) is 6.92 Å². The normalized spacial score (nSPS) is 11.4. The molecule has 1 rings (SSSR count). The predicted octanol–water partition coefficient (Wildman–Crippen LogP) is 0.628. The van der Waals surface area contributed by atoms with E-state index in [0.29, 0.717) is 11.3 Å². The smallest absolute Gasteiger partial charge is 0.316 e. The number of hydrogen-bond acceptors (Lipinski definition) is 3. The van der Waals surface area contributed by atoms with Crippen molar-refractivity contribution in [3.8, 4) is 0 Å². The van der Waals surface area contributed by atoms with Crippen LogP contribution in [0.3, 0.4) is 0 Å². The van der Waals surface area contributed by atoms with Gasteiger partial charge >= 0.3 is 12.0 Å². The van der Waals surface area contributed by atoms with E-state index in [4.69, 9.17) is 10.8 Å². The Hall–Kier alpha value is -2.57. The summed E-state index contributed by atoms with van der Waals surface area (Å²) < 4.78 is 0. The SMILES string of the molecule is CC(CNC(=O)c1ccc(NC(N)=O)cc1)C(=O)O. The van der Waals surface area contributed by atoms with Crippen molar-refractivity contribution < 1.29 is 19.5 Å². The third-order valence-corrected chi connectivity index (χ3v) is 2.41. The van der Waals surface area contributed by atoms with Crippen molar-refractivity contribution in [2.24, 2.45) is 11.7 Å². The Balaban J connectivity index is 2.58. The minimum Gasteiger partial charge on any atom is -0.481 e. The van der Waals surface area contributed by atoms with Crippen LogP contribution in [0.15, 0.2) is 24.3 Å². The first kappa shape index (κ1) is 14.5. The van der Waals surface area contributed by atoms with E-state index in [1.165, 1.54) is 31.2 Å². The summed E-state index contributed by atoms with van der Waals surface area (Å²) in [5.74, 6) is -2.00. The average molecular weight is 265 g/mol. The highest BCUT2D eigenvalue weighted by atomic mass is 16.4. The molecule has 1 atom stereocenters. The number of nitrogens with two attached hydrogens (primary N) is 1. The molecule has 0 spiro atoms. The maximum Gasteiger partial charge on any atom is 0.316 e. The maximum atomic E-state index is 11.7. The summed E-state index contributed by atoms with van der Waals surface area (Å²) in [7, 11) is 0. The quantitative estimate of drug-likeness (QED) is 0.623. The molecular weight excluding hydrogens is 250 g/mol. The number of benzene rings is 1. The first-order valence-corrected chi connectivity index (χ1v) is 5.57. The summed E-state index contributed by atoms with van der Waals surface area (Å²) in [5.41, 5.74) is 5.79. The minimum absolute atomic E-state index is 0.0510. The Labute approximate surface area is 109 Å². The highest BCUT2D eigenvalue weighted by Crippen LogP contribution is 2.09. The fraction of sp³-hybridized carbons (Fsp3) is 0.250. The largest absolute Gasteiger partial charge is 0.481 e. The van der Waals surface area contributed by atoms with Crippen molar-refractivity contribution in [1.29, 1.82) is 0 Å². The van der Waals surface area contributed by atoms with Crippen molar-refractivity contribution in [3.05, 3.63) is 29.8 Å². The van der Waals surface area contributed by atoms with Crippen LogP contribution in [-0.2, 0) is 4.79 Å². The van der Waals surface area contributed by atoms with Crippen LogP contribution in [0, 0.1) is 5.92 Å². The molecule has 0 radical (unpaired) electrons. The van der Waals surface area contributed by atoms with Gasteiger partial charge in [0.2, 0.25) is 0 Å². The fourth-order valence-corrected chi connectivity index (χ4v) is 1.28. The zero-order valence-electron chi connectivity index (χ0n) is 10.3. The van der Waals surface area contributed by atoms with Crippen molar-refractivity contribution in [3.63, 3.8) is 0 Å². The molecule has 5 N–H and O–H groups in total. The van der Waals surface area contributed by atoms with Crippen LogP contribution in [0.25, 0.3) is 0 Å². The second-order valence-electron chi connectivity index (χ2n) is 4.02. The summed E-state index contributed by atoms with van der Waals surface area (Å²) in [6.07, 6.45) is 0. The monoisotopic (exact) mass is 265 g/mol. The number of rotatable bonds is 5. The van der Waals surface area contributed by atoms with E-state index in [0.717, 1.165) is 0 Å². The first-order valence-electron chi connectivity index (χ1n) is 5.57. The molecule has 1 aromatic rings. The lowest BCUT2D eigenvalue weighted by atomic mass is 10.1. The van der Waals surface area contributed by atoms with Gasteiger partial charge in [0.1, 0.15) is 0 Å². The Morgan fingerprint density at radius 3 is 2.32 bits per heavy atom. The van der Waals surface area contributed by atoms with Crippen LogP contribution in [0.2, 0.25) is 0 Å². The van der Waals surface area contributed by atoms with Crippen molar-refractivity contribution in [2.75, 3.05) is 11.9 Å². The van der Waals surface area contributed by atoms with Gasteiger partial charge in [-0.25, -0.2) is 4.79 Å². The number of amides is 3. The first-order chi connectivity index (χ1) is 8.90. The molecule has 0 saturated carbocycles. The van der Waals surface area contributed by atoms with Crippen LogP contribution in [0.5, 0.6) is 0 Å². The van der Waals surface area contributed by atoms with E-state index in [-0.39, 0.29) is 12.5 Å². The summed E-state index contributed by atoms with van der Waals surface area (Å²) >= 11 is 0. The van der Waals surface area contributed by atoms with E-state index in [1.807, 2.05) is 0 Å². The van der Waals surface area contributed by atoms with Crippen LogP contribution in [0.1, 0.15) is 17.3 Å². The third-order valence-electron chi connectivity index (χ3n) is 2.41. The number of aliphatic carboxylic acids is 1. The molecule has 19 heavy (non-hydrogen) atoms. The molecule has 0 aliphatic carbocycles. The summed E-state index contributed by atoms with van der Waals surface area (Å²) in [5, 5.41) is 13.6. The van der Waals surface area contributed by atoms with Gasteiger partial charge < -0.3 is 21.5 Å². The highest BCUT2D eigenvalue weighted by molar-refractivity contribution is 5.95. The van der Waals surface area contributed by atoms with Gasteiger partial charge in [0.05, 0.1) is 5.92 Å². The lowest BCUT2D eigenvalue weighted by molar-refractivity contribution is -0.140. The Morgan fingerprint density at radius 1 is 1.26 bits per heavy atom. The Morgan fingerprint density at radius 2 is 1.84 bits per heavy atom. The summed E-state index contributed by atoms with van der Waals surface area (Å²) in [4.78, 5) is 32.9. The molecule has 0 aliphatic rings. The van der Waals surface area contributed by atoms with Crippen molar-refractivity contribution >= 4 is 23.6 Å². The number of carboxylic acids is 1. The lowest BCUT2D eigenvalue weighted by Crippen LogP contribution is -2.31. The number of primary amides is 1. The molecule has 0 aromatic heterocycles. The van der Waals surface area contributed by atoms with E-state index >= 15 is 0 Å². The second kappa shape index (κ2) is 6.39. The van der Waals surface area contributed by atoms with Crippen LogP contribution < -0.4 is 16.4 Å². The Kier molecular flexibility index (Phi) is 4.87. The van der Waals surface area contributed by atoms with E-state index in [2.05, 4.69) is 10.6 Å². The Bertz CT molecular complexity index is 484. The molecule has 7 nitrogen and oxygen atoms in total. The van der Waals surface area contributed by atoms with Crippen LogP contribution in [-0.4, -0.2) is 29.6 Å². The number of nitrogens with one attached hydrogen (secondary N) is 2. The van der Waals surface area contributed by atoms with Crippen molar-refractivity contribution in [2.45, 2.75) is 6.92 Å². The molecule has 0 aliphatic heterocycles. The predicted molar refractivity (Wildman–Crippen MR) is 68.8 cm³/mol. The van der Waals surface area contributed by atoms with Gasteiger partial charge in [-0.15, -0.1) is 0 Å². The molecule has 7 heteroatoms. The van der Waals surface area contributed by atoms with Gasteiger partial charge in [0.15, 0.2) is 0 Å². The van der Waals surface area contributed by atoms with Gasteiger partial charge in [-0.05, 0) is 24.3 Å². The number of anilines is 1. The molecule has 102 valence electrons. The summed E-state index contributed by atoms with van der Waals surface area (Å²) in [6.45, 7) is 1.55. The molecule has 3 amide bonds. The average Bonchev–Trinajstić information content (AvgIpc) is 2.35. The number of carbonyl (C=O) groups excluding carboxylic acids is 2. The molecule has 0 fully saturated rings. The van der Waals surface area contributed by atoms with E-state index < -0.39 is 17.9 Å². The van der Waals surface area contributed by atoms with Crippen molar-refractivity contribution in [1.82, 2.24) is 5.32 Å². The number of hydrogen-bond donors (Lipinski definition) is 4. The molecule has 1 unspecified atom stereocenters. The number of carbonyl (C=O) groups is 3. The van der Waals surface area contributed by atoms with Gasteiger partial charge in [-0.2, -0.15) is 0 Å². The van der Waals surface area contributed by atoms with Crippen LogP contribution in [0.4, 0.5) is 10.5 Å². The third kappa shape index (κ3) is 4.66. The topological polar surface area (TPSA) is 122 Å².